The Morgan fingerprint density at radius 1 is 1.14 bits per heavy atom. The Hall–Kier alpha value is -2.38. The fourth-order valence-corrected chi connectivity index (χ4v) is 3.67. The third-order valence-corrected chi connectivity index (χ3v) is 5.38. The van der Waals surface area contributed by atoms with Crippen LogP contribution in [0.25, 0.3) is 0 Å². The molecule has 7 nitrogen and oxygen atoms in total. The number of benzene rings is 1. The second-order valence-corrected chi connectivity index (χ2v) is 7.38. The fourth-order valence-electron chi connectivity index (χ4n) is 3.67. The van der Waals surface area contributed by atoms with Gasteiger partial charge in [0.2, 0.25) is 0 Å². The van der Waals surface area contributed by atoms with Crippen LogP contribution in [0.5, 0.6) is 0 Å². The molecule has 1 aliphatic heterocycles. The molecule has 0 radical (unpaired) electrons. The zero-order valence-electron chi connectivity index (χ0n) is 17.3. The van der Waals surface area contributed by atoms with Crippen molar-refractivity contribution in [3.05, 3.63) is 53.9 Å². The van der Waals surface area contributed by atoms with E-state index in [0.717, 1.165) is 50.8 Å². The molecular formula is C21H33N7. The summed E-state index contributed by atoms with van der Waals surface area (Å²) in [6, 6.07) is 13.4. The highest BCUT2D eigenvalue weighted by Gasteiger charge is 2.25. The standard InChI is InChI=1S/C21H33N7/c1-22-21(24-16-19-10-12-25-27(19)3)23-11-7-13-28-15-14-26(2)17-20(28)18-8-5-4-6-9-18/h4-6,8-10,12,20H,7,11,13-17H2,1-3H3,(H2,22,23,24). The highest BCUT2D eigenvalue weighted by atomic mass is 15.3. The van der Waals surface area contributed by atoms with E-state index in [9.17, 15) is 0 Å². The number of nitrogens with one attached hydrogen (secondary N) is 2. The molecule has 28 heavy (non-hydrogen) atoms. The van der Waals surface area contributed by atoms with E-state index in [4.69, 9.17) is 0 Å². The first-order valence-electron chi connectivity index (χ1n) is 10.1. The Kier molecular flexibility index (Phi) is 7.45. The van der Waals surface area contributed by atoms with Crippen molar-refractivity contribution in [2.45, 2.75) is 19.0 Å². The average Bonchev–Trinajstić information content (AvgIpc) is 3.13. The number of likely N-dealkylation sites (N-methyl/N-ethyl adjacent to an activating group) is 1. The minimum Gasteiger partial charge on any atom is -0.356 e. The molecule has 1 aromatic carbocycles. The van der Waals surface area contributed by atoms with Crippen molar-refractivity contribution in [1.29, 1.82) is 0 Å². The lowest BCUT2D eigenvalue weighted by Gasteiger charge is -2.40. The first-order chi connectivity index (χ1) is 13.7. The lowest BCUT2D eigenvalue weighted by atomic mass is 10.0. The van der Waals surface area contributed by atoms with Gasteiger partial charge in [-0.25, -0.2) is 0 Å². The molecule has 0 bridgehead atoms. The molecule has 1 atom stereocenters. The predicted molar refractivity (Wildman–Crippen MR) is 114 cm³/mol. The molecule has 2 aromatic rings. The maximum absolute atomic E-state index is 4.32. The van der Waals surface area contributed by atoms with Gasteiger partial charge < -0.3 is 15.5 Å². The smallest absolute Gasteiger partial charge is 0.191 e. The van der Waals surface area contributed by atoms with Gasteiger partial charge in [0.25, 0.3) is 0 Å². The van der Waals surface area contributed by atoms with E-state index in [-0.39, 0.29) is 0 Å². The number of aliphatic imine (C=N–C) groups is 1. The van der Waals surface area contributed by atoms with Gasteiger partial charge in [-0.3, -0.25) is 14.6 Å². The molecular weight excluding hydrogens is 350 g/mol. The van der Waals surface area contributed by atoms with Gasteiger partial charge in [0.05, 0.1) is 12.2 Å². The summed E-state index contributed by atoms with van der Waals surface area (Å²) in [5.74, 6) is 0.833. The molecule has 0 spiro atoms. The van der Waals surface area contributed by atoms with E-state index in [2.05, 4.69) is 67.9 Å². The van der Waals surface area contributed by atoms with Crippen molar-refractivity contribution in [2.24, 2.45) is 12.0 Å². The van der Waals surface area contributed by atoms with Crippen molar-refractivity contribution in [3.8, 4) is 0 Å². The monoisotopic (exact) mass is 383 g/mol. The molecule has 2 heterocycles. The summed E-state index contributed by atoms with van der Waals surface area (Å²) in [6.45, 7) is 6.03. The van der Waals surface area contributed by atoms with Crippen molar-refractivity contribution in [1.82, 2.24) is 30.2 Å². The summed E-state index contributed by atoms with van der Waals surface area (Å²) in [5.41, 5.74) is 2.54. The zero-order valence-corrected chi connectivity index (χ0v) is 17.3. The normalized spacial score (nSPS) is 19.0. The Labute approximate surface area is 168 Å². The van der Waals surface area contributed by atoms with Crippen LogP contribution in [0.4, 0.5) is 0 Å². The molecule has 7 heteroatoms. The van der Waals surface area contributed by atoms with Crippen molar-refractivity contribution < 1.29 is 0 Å². The average molecular weight is 384 g/mol. The molecule has 0 saturated carbocycles. The molecule has 3 rings (SSSR count). The number of piperazine rings is 1. The highest BCUT2D eigenvalue weighted by molar-refractivity contribution is 5.79. The van der Waals surface area contributed by atoms with Gasteiger partial charge in [-0.15, -0.1) is 0 Å². The third kappa shape index (κ3) is 5.56. The summed E-state index contributed by atoms with van der Waals surface area (Å²) in [6.07, 6.45) is 2.89. The molecule has 1 saturated heterocycles. The van der Waals surface area contributed by atoms with Crippen LogP contribution in [-0.2, 0) is 13.6 Å². The maximum Gasteiger partial charge on any atom is 0.191 e. The van der Waals surface area contributed by atoms with Gasteiger partial charge in [0.1, 0.15) is 0 Å². The van der Waals surface area contributed by atoms with Crippen LogP contribution in [-0.4, -0.2) is 72.4 Å². The maximum atomic E-state index is 4.32. The number of hydrogen-bond acceptors (Lipinski definition) is 4. The Bertz CT molecular complexity index is 740. The van der Waals surface area contributed by atoms with Gasteiger partial charge >= 0.3 is 0 Å². The summed E-state index contributed by atoms with van der Waals surface area (Å²) in [5, 5.41) is 11.0. The zero-order chi connectivity index (χ0) is 19.8. The summed E-state index contributed by atoms with van der Waals surface area (Å²) in [4.78, 5) is 9.36. The van der Waals surface area contributed by atoms with Gasteiger partial charge in [-0.2, -0.15) is 5.10 Å². The van der Waals surface area contributed by atoms with Gasteiger partial charge in [0.15, 0.2) is 5.96 Å². The van der Waals surface area contributed by atoms with E-state index in [0.29, 0.717) is 12.6 Å². The Balaban J connectivity index is 1.44. The molecule has 2 N–H and O–H groups in total. The second kappa shape index (κ2) is 10.2. The summed E-state index contributed by atoms with van der Waals surface area (Å²) < 4.78 is 1.87. The van der Waals surface area contributed by atoms with E-state index >= 15 is 0 Å². The number of aryl methyl sites for hydroxylation is 1. The van der Waals surface area contributed by atoms with Crippen molar-refractivity contribution in [2.75, 3.05) is 46.8 Å². The Morgan fingerprint density at radius 3 is 2.68 bits per heavy atom. The van der Waals surface area contributed by atoms with Crippen molar-refractivity contribution >= 4 is 5.96 Å². The summed E-state index contributed by atoms with van der Waals surface area (Å²) >= 11 is 0. The molecule has 1 fully saturated rings. The predicted octanol–water partition coefficient (Wildman–Crippen LogP) is 1.46. The van der Waals surface area contributed by atoms with Gasteiger partial charge in [-0.1, -0.05) is 30.3 Å². The van der Waals surface area contributed by atoms with Gasteiger partial charge in [0, 0.05) is 59.1 Å². The topological polar surface area (TPSA) is 60.7 Å². The van der Waals surface area contributed by atoms with Crippen LogP contribution < -0.4 is 10.6 Å². The van der Waals surface area contributed by atoms with Crippen LogP contribution in [0.1, 0.15) is 23.7 Å². The Morgan fingerprint density at radius 2 is 1.96 bits per heavy atom. The largest absolute Gasteiger partial charge is 0.356 e. The number of guanidine groups is 1. The first-order valence-corrected chi connectivity index (χ1v) is 10.1. The van der Waals surface area contributed by atoms with E-state index in [1.807, 2.05) is 31.0 Å². The molecule has 0 aliphatic carbocycles. The van der Waals surface area contributed by atoms with Crippen LogP contribution >= 0.6 is 0 Å². The summed E-state index contributed by atoms with van der Waals surface area (Å²) in [7, 11) is 5.98. The van der Waals surface area contributed by atoms with E-state index in [1.165, 1.54) is 5.56 Å². The lowest BCUT2D eigenvalue weighted by molar-refractivity contribution is 0.0891. The lowest BCUT2D eigenvalue weighted by Crippen LogP contribution is -2.47. The number of aromatic nitrogens is 2. The second-order valence-electron chi connectivity index (χ2n) is 7.38. The fraction of sp³-hybridized carbons (Fsp3) is 0.524. The van der Waals surface area contributed by atoms with E-state index < -0.39 is 0 Å². The van der Waals surface area contributed by atoms with Crippen molar-refractivity contribution in [3.63, 3.8) is 0 Å². The first kappa shape index (κ1) is 20.4. The van der Waals surface area contributed by atoms with Crippen LogP contribution in [0, 0.1) is 0 Å². The van der Waals surface area contributed by atoms with E-state index in [1.54, 1.807) is 0 Å². The third-order valence-electron chi connectivity index (χ3n) is 5.38. The SMILES string of the molecule is CN=C(NCCCN1CCN(C)CC1c1ccccc1)NCc1ccnn1C. The van der Waals surface area contributed by atoms with Crippen LogP contribution in [0.3, 0.4) is 0 Å². The molecule has 1 unspecified atom stereocenters. The quantitative estimate of drug-likeness (QED) is 0.431. The number of hydrogen-bond donors (Lipinski definition) is 2. The number of nitrogens with zero attached hydrogens (tertiary/aromatic N) is 5. The number of rotatable bonds is 7. The van der Waals surface area contributed by atoms with Crippen LogP contribution in [0.15, 0.2) is 47.6 Å². The molecule has 0 amide bonds. The van der Waals surface area contributed by atoms with Gasteiger partial charge in [-0.05, 0) is 25.1 Å². The highest BCUT2D eigenvalue weighted by Crippen LogP contribution is 2.24. The molecule has 152 valence electrons. The molecule has 1 aliphatic rings. The minimum absolute atomic E-state index is 0.474. The van der Waals surface area contributed by atoms with Crippen LogP contribution in [0.2, 0.25) is 0 Å². The minimum atomic E-state index is 0.474. The molecule has 1 aromatic heterocycles.